The highest BCUT2D eigenvalue weighted by atomic mass is 35.5. The van der Waals surface area contributed by atoms with E-state index < -0.39 is 0 Å². The molecule has 1 N–H and O–H groups in total. The monoisotopic (exact) mass is 401 g/mol. The van der Waals surface area contributed by atoms with Crippen molar-refractivity contribution in [1.29, 1.82) is 0 Å². The fourth-order valence-corrected chi connectivity index (χ4v) is 3.59. The largest absolute Gasteiger partial charge is 0.497 e. The van der Waals surface area contributed by atoms with Crippen LogP contribution in [-0.2, 0) is 18.3 Å². The molecule has 0 aliphatic carbocycles. The summed E-state index contributed by atoms with van der Waals surface area (Å²) in [6, 6.07) is 13.0. The highest BCUT2D eigenvalue weighted by Gasteiger charge is 2.09. The van der Waals surface area contributed by atoms with E-state index in [1.54, 1.807) is 13.2 Å². The Morgan fingerprint density at radius 2 is 2.11 bits per heavy atom. The number of ether oxygens (including phenoxy) is 1. The molecule has 1 aromatic heterocycles. The van der Waals surface area contributed by atoms with Crippen molar-refractivity contribution in [2.75, 3.05) is 12.4 Å². The number of benzene rings is 2. The van der Waals surface area contributed by atoms with Crippen LogP contribution < -0.4 is 14.9 Å². The van der Waals surface area contributed by atoms with Gasteiger partial charge in [0.2, 0.25) is 5.91 Å². The van der Waals surface area contributed by atoms with E-state index in [1.807, 2.05) is 60.3 Å². The van der Waals surface area contributed by atoms with Gasteiger partial charge in [-0.15, -0.1) is 11.3 Å². The van der Waals surface area contributed by atoms with E-state index >= 15 is 0 Å². The van der Waals surface area contributed by atoms with Crippen molar-refractivity contribution in [2.45, 2.75) is 13.3 Å². The van der Waals surface area contributed by atoms with Crippen LogP contribution in [0.3, 0.4) is 0 Å². The standard InChI is InChI=1S/C20H20ClN3O2S/c1-13-7-8-15(10-18(13)21)22-19(25)11-16-12-27-20(24(16)2)23-14-5-4-6-17(9-14)26-3/h4-10,12H,11H2,1-3H3,(H,22,25). The van der Waals surface area contributed by atoms with Crippen molar-refractivity contribution >= 4 is 40.2 Å². The molecule has 0 fully saturated rings. The number of carbonyl (C=O) groups is 1. The number of rotatable bonds is 5. The van der Waals surface area contributed by atoms with Gasteiger partial charge in [-0.1, -0.05) is 23.7 Å². The number of methoxy groups -OCH3 is 1. The average molecular weight is 402 g/mol. The minimum Gasteiger partial charge on any atom is -0.497 e. The van der Waals surface area contributed by atoms with Gasteiger partial charge >= 0.3 is 0 Å². The van der Waals surface area contributed by atoms with Crippen molar-refractivity contribution in [2.24, 2.45) is 12.0 Å². The fourth-order valence-electron chi connectivity index (χ4n) is 2.49. The molecule has 140 valence electrons. The van der Waals surface area contributed by atoms with Crippen LogP contribution in [0.4, 0.5) is 11.4 Å². The predicted octanol–water partition coefficient (Wildman–Crippen LogP) is 4.47. The van der Waals surface area contributed by atoms with Gasteiger partial charge in [-0.2, -0.15) is 0 Å². The summed E-state index contributed by atoms with van der Waals surface area (Å²) in [5.74, 6) is 0.656. The number of amides is 1. The minimum absolute atomic E-state index is 0.101. The Balaban J connectivity index is 1.75. The Morgan fingerprint density at radius 3 is 2.85 bits per heavy atom. The van der Waals surface area contributed by atoms with E-state index in [-0.39, 0.29) is 12.3 Å². The second-order valence-corrected chi connectivity index (χ2v) is 7.31. The molecule has 0 atom stereocenters. The molecule has 0 unspecified atom stereocenters. The second kappa shape index (κ2) is 8.41. The van der Waals surface area contributed by atoms with Gasteiger partial charge in [-0.25, -0.2) is 4.99 Å². The number of aryl methyl sites for hydroxylation is 1. The zero-order valence-electron chi connectivity index (χ0n) is 15.3. The van der Waals surface area contributed by atoms with Crippen molar-refractivity contribution in [1.82, 2.24) is 4.57 Å². The third-order valence-electron chi connectivity index (χ3n) is 4.09. The van der Waals surface area contributed by atoms with E-state index in [0.717, 1.165) is 27.5 Å². The zero-order chi connectivity index (χ0) is 19.4. The maximum absolute atomic E-state index is 12.4. The molecule has 0 aliphatic heterocycles. The molecule has 0 aliphatic rings. The molecule has 0 bridgehead atoms. The molecule has 0 radical (unpaired) electrons. The molecule has 27 heavy (non-hydrogen) atoms. The molecule has 7 heteroatoms. The Hall–Kier alpha value is -2.57. The summed E-state index contributed by atoms with van der Waals surface area (Å²) in [4.78, 5) is 17.8. The number of nitrogens with one attached hydrogen (secondary N) is 1. The Bertz CT molecular complexity index is 1040. The summed E-state index contributed by atoms with van der Waals surface area (Å²) < 4.78 is 7.15. The smallest absolute Gasteiger partial charge is 0.230 e. The Kier molecular flexibility index (Phi) is 5.98. The lowest BCUT2D eigenvalue weighted by Gasteiger charge is -2.07. The first-order chi connectivity index (χ1) is 13.0. The van der Waals surface area contributed by atoms with Gasteiger partial charge in [0.1, 0.15) is 5.75 Å². The first kappa shape index (κ1) is 19.2. The number of anilines is 1. The van der Waals surface area contributed by atoms with E-state index in [4.69, 9.17) is 16.3 Å². The van der Waals surface area contributed by atoms with Crippen LogP contribution in [0.1, 0.15) is 11.3 Å². The van der Waals surface area contributed by atoms with Gasteiger partial charge < -0.3 is 14.6 Å². The fraction of sp³-hybridized carbons (Fsp3) is 0.200. The summed E-state index contributed by atoms with van der Waals surface area (Å²) in [6.07, 6.45) is 0.256. The molecule has 2 aromatic carbocycles. The van der Waals surface area contributed by atoms with Crippen molar-refractivity contribution in [3.05, 3.63) is 68.9 Å². The number of carbonyl (C=O) groups excluding carboxylic acids is 1. The van der Waals surface area contributed by atoms with Crippen molar-refractivity contribution in [3.8, 4) is 5.75 Å². The lowest BCUT2D eigenvalue weighted by atomic mass is 10.2. The van der Waals surface area contributed by atoms with Crippen LogP contribution in [-0.4, -0.2) is 17.6 Å². The predicted molar refractivity (Wildman–Crippen MR) is 110 cm³/mol. The maximum Gasteiger partial charge on any atom is 0.230 e. The van der Waals surface area contributed by atoms with E-state index in [9.17, 15) is 4.79 Å². The van der Waals surface area contributed by atoms with Gasteiger partial charge in [-0.05, 0) is 36.8 Å². The third kappa shape index (κ3) is 4.78. The summed E-state index contributed by atoms with van der Waals surface area (Å²) in [5.41, 5.74) is 3.35. The van der Waals surface area contributed by atoms with E-state index in [2.05, 4.69) is 10.3 Å². The molecule has 3 aromatic rings. The van der Waals surface area contributed by atoms with E-state index in [1.165, 1.54) is 11.3 Å². The molecule has 3 rings (SSSR count). The number of hydrogen-bond acceptors (Lipinski definition) is 4. The lowest BCUT2D eigenvalue weighted by Crippen LogP contribution is -2.19. The Labute approximate surface area is 166 Å². The molecule has 0 spiro atoms. The second-order valence-electron chi connectivity index (χ2n) is 6.07. The lowest BCUT2D eigenvalue weighted by molar-refractivity contribution is -0.115. The topological polar surface area (TPSA) is 55.6 Å². The first-order valence-electron chi connectivity index (χ1n) is 8.34. The molecule has 1 heterocycles. The highest BCUT2D eigenvalue weighted by Crippen LogP contribution is 2.21. The van der Waals surface area contributed by atoms with Crippen molar-refractivity contribution in [3.63, 3.8) is 0 Å². The number of aromatic nitrogens is 1. The van der Waals surface area contributed by atoms with Gasteiger partial charge in [0, 0.05) is 34.9 Å². The summed E-state index contributed by atoms with van der Waals surface area (Å²) in [6.45, 7) is 1.92. The zero-order valence-corrected chi connectivity index (χ0v) is 16.9. The van der Waals surface area contributed by atoms with Crippen LogP contribution in [0.2, 0.25) is 5.02 Å². The minimum atomic E-state index is -0.101. The van der Waals surface area contributed by atoms with Crippen LogP contribution in [0.25, 0.3) is 0 Å². The van der Waals surface area contributed by atoms with Crippen molar-refractivity contribution < 1.29 is 9.53 Å². The number of hydrogen-bond donors (Lipinski definition) is 1. The summed E-state index contributed by atoms with van der Waals surface area (Å²) in [7, 11) is 3.53. The molecule has 0 saturated heterocycles. The molecular weight excluding hydrogens is 382 g/mol. The average Bonchev–Trinajstić information content (AvgIpc) is 2.98. The molecule has 5 nitrogen and oxygen atoms in total. The summed E-state index contributed by atoms with van der Waals surface area (Å²) in [5, 5.41) is 5.46. The van der Waals surface area contributed by atoms with Gasteiger partial charge in [0.25, 0.3) is 0 Å². The van der Waals surface area contributed by atoms with Crippen LogP contribution >= 0.6 is 22.9 Å². The number of halogens is 1. The van der Waals surface area contributed by atoms with Gasteiger partial charge in [0.15, 0.2) is 4.80 Å². The molecule has 1 amide bonds. The normalized spacial score (nSPS) is 11.5. The summed E-state index contributed by atoms with van der Waals surface area (Å²) >= 11 is 7.60. The molecule has 0 saturated carbocycles. The number of thiazole rings is 1. The highest BCUT2D eigenvalue weighted by molar-refractivity contribution is 7.07. The molecular formula is C20H20ClN3O2S. The van der Waals surface area contributed by atoms with Crippen LogP contribution in [0.5, 0.6) is 5.75 Å². The van der Waals surface area contributed by atoms with Gasteiger partial charge in [0.05, 0.1) is 19.2 Å². The number of nitrogens with zero attached hydrogens (tertiary/aromatic N) is 2. The first-order valence-corrected chi connectivity index (χ1v) is 9.60. The third-order valence-corrected chi connectivity index (χ3v) is 5.47. The maximum atomic E-state index is 12.4. The van der Waals surface area contributed by atoms with Crippen LogP contribution in [0, 0.1) is 6.92 Å². The quantitative estimate of drug-likeness (QED) is 0.685. The van der Waals surface area contributed by atoms with Gasteiger partial charge in [-0.3, -0.25) is 4.79 Å². The van der Waals surface area contributed by atoms with E-state index in [0.29, 0.717) is 10.7 Å². The van der Waals surface area contributed by atoms with Crippen LogP contribution in [0.15, 0.2) is 52.8 Å². The SMILES string of the molecule is COc1cccc(N=c2scc(CC(=O)Nc3ccc(C)c(Cl)c3)n2C)c1. The Morgan fingerprint density at radius 1 is 1.30 bits per heavy atom.